The van der Waals surface area contributed by atoms with Crippen molar-refractivity contribution in [2.24, 2.45) is 5.73 Å². The fraction of sp³-hybridized carbons (Fsp3) is 0.571. The van der Waals surface area contributed by atoms with Crippen LogP contribution in [0, 0.1) is 6.58 Å². The van der Waals surface area contributed by atoms with Gasteiger partial charge in [-0.2, -0.15) is 0 Å². The Hall–Kier alpha value is -0.156. The summed E-state index contributed by atoms with van der Waals surface area (Å²) in [5, 5.41) is 9.84. The van der Waals surface area contributed by atoms with E-state index in [1.165, 1.54) is 13.1 Å². The van der Waals surface area contributed by atoms with Gasteiger partial charge in [-0.25, -0.2) is 0 Å². The van der Waals surface area contributed by atoms with E-state index in [1.807, 2.05) is 39.2 Å². The molecule has 0 amide bonds. The first-order valence-corrected chi connectivity index (χ1v) is 5.19. The van der Waals surface area contributed by atoms with Gasteiger partial charge < -0.3 is 27.5 Å². The first kappa shape index (κ1) is 42.8. The number of nitrogens with two attached hydrogens (primary N) is 1. The largest absolute Gasteiger partial charge is 0.518 e. The van der Waals surface area contributed by atoms with Crippen LogP contribution in [0.15, 0.2) is 30.7 Å². The molecule has 0 heterocycles. The zero-order valence-corrected chi connectivity index (χ0v) is 15.8. The van der Waals surface area contributed by atoms with Crippen LogP contribution < -0.4 is 11.1 Å². The van der Waals surface area contributed by atoms with E-state index in [0.717, 1.165) is 7.11 Å². The number of nitrogens with one attached hydrogen (secondary N) is 1. The van der Waals surface area contributed by atoms with Crippen LogP contribution in [-0.2, 0) is 37.4 Å². The fourth-order valence-corrected chi connectivity index (χ4v) is 0.303. The summed E-state index contributed by atoms with van der Waals surface area (Å²) < 4.78 is 4.51. The van der Waals surface area contributed by atoms with E-state index in [9.17, 15) is 0 Å². The van der Waals surface area contributed by atoms with Crippen LogP contribution in [0.4, 0.5) is 0 Å². The Morgan fingerprint density at radius 1 is 1.11 bits per heavy atom. The summed E-state index contributed by atoms with van der Waals surface area (Å²) in [4.78, 5) is 0. The van der Waals surface area contributed by atoms with Crippen LogP contribution >= 0.6 is 0 Å². The average molecular weight is 352 g/mol. The van der Waals surface area contributed by atoms with Gasteiger partial charge in [0.15, 0.2) is 0 Å². The van der Waals surface area contributed by atoms with Crippen LogP contribution in [0.3, 0.4) is 0 Å². The minimum Gasteiger partial charge on any atom is -0.518 e. The second-order valence-corrected chi connectivity index (χ2v) is 1.83. The number of aliphatic hydroxyl groups excluding tert-OH is 1. The molecule has 1 radical (unpaired) electrons. The van der Waals surface area contributed by atoms with E-state index in [-0.39, 0.29) is 40.1 Å². The van der Waals surface area contributed by atoms with Gasteiger partial charge in [-0.15, -0.1) is 0 Å². The van der Waals surface area contributed by atoms with E-state index in [1.54, 1.807) is 20.3 Å². The molecule has 0 rings (SSSR count). The minimum absolute atomic E-state index is 0. The molecule has 19 heavy (non-hydrogen) atoms. The average Bonchev–Trinajstić information content (AvgIpc) is 2.38. The third kappa shape index (κ3) is 303. The zero-order valence-electron chi connectivity index (χ0n) is 13.0. The Morgan fingerprint density at radius 2 is 1.42 bits per heavy atom. The molecule has 0 saturated carbocycles. The summed E-state index contributed by atoms with van der Waals surface area (Å²) in [5.74, 6) is 0. The van der Waals surface area contributed by atoms with Gasteiger partial charge in [0.05, 0.1) is 13.4 Å². The molecule has 0 saturated heterocycles. The topological polar surface area (TPSA) is 67.5 Å². The van der Waals surface area contributed by atoms with Crippen molar-refractivity contribution in [1.29, 1.82) is 0 Å². The molecule has 0 aliphatic carbocycles. The first-order valence-electron chi connectivity index (χ1n) is 5.19. The Bertz CT molecular complexity index is 119. The van der Waals surface area contributed by atoms with Gasteiger partial charge in [0.1, 0.15) is 0 Å². The maximum atomic E-state index is 7.00. The number of allylic oxidation sites excluding steroid dienone is 3. The second-order valence-electron chi connectivity index (χ2n) is 1.83. The van der Waals surface area contributed by atoms with Crippen molar-refractivity contribution in [1.82, 2.24) is 5.32 Å². The summed E-state index contributed by atoms with van der Waals surface area (Å²) in [5.41, 5.74) is 4.50. The third-order valence-electron chi connectivity index (χ3n) is 0.605. The molecule has 0 spiro atoms. The Labute approximate surface area is 147 Å². The molecule has 0 fully saturated rings. The molecule has 0 atom stereocenters. The van der Waals surface area contributed by atoms with Crippen LogP contribution in [-0.4, -0.2) is 33.4 Å². The standard InChI is InChI=1S/C4H9N.C4H8O.C3H5.CH5N.CH4O.CH4.Y/c2*1-3-4-5-2;1-3-2;2*1-2;;/h3-5H,1-2H3;3-4H,1-2H3;1,3H,2H3;2H2,1H3;2H,1H3;1H4;/q;;-1;;;;. The van der Waals surface area contributed by atoms with E-state index in [2.05, 4.69) is 15.8 Å². The number of aliphatic hydroxyl groups is 1. The molecule has 0 aromatic carbocycles. The van der Waals surface area contributed by atoms with Gasteiger partial charge in [0.2, 0.25) is 0 Å². The van der Waals surface area contributed by atoms with Gasteiger partial charge >= 0.3 is 0 Å². The van der Waals surface area contributed by atoms with Gasteiger partial charge in [-0.3, -0.25) is 6.08 Å². The van der Waals surface area contributed by atoms with Crippen LogP contribution in [0.1, 0.15) is 28.2 Å². The van der Waals surface area contributed by atoms with Gasteiger partial charge in [0.25, 0.3) is 0 Å². The van der Waals surface area contributed by atoms with Crippen LogP contribution in [0.25, 0.3) is 0 Å². The summed E-state index contributed by atoms with van der Waals surface area (Å²) >= 11 is 0. The molecule has 0 bridgehead atoms. The maximum absolute atomic E-state index is 7.00. The number of rotatable bonds is 2. The molecule has 117 valence electrons. The normalized spacial score (nSPS) is 6.16. The molecule has 0 aromatic rings. The smallest absolute Gasteiger partial charge is 0.0781 e. The van der Waals surface area contributed by atoms with E-state index >= 15 is 0 Å². The molecule has 5 heteroatoms. The Kier molecular flexibility index (Phi) is 243. The van der Waals surface area contributed by atoms with Crippen molar-refractivity contribution in [3.05, 3.63) is 37.3 Å². The predicted molar refractivity (Wildman–Crippen MR) is 85.2 cm³/mol. The van der Waals surface area contributed by atoms with Gasteiger partial charge in [-0.1, -0.05) is 26.5 Å². The summed E-state index contributed by atoms with van der Waals surface area (Å²) in [6.07, 6.45) is 8.78. The van der Waals surface area contributed by atoms with Gasteiger partial charge in [0, 0.05) is 46.9 Å². The molecular weight excluding hydrogens is 317 g/mol. The Morgan fingerprint density at radius 3 is 1.42 bits per heavy atom. The maximum Gasteiger partial charge on any atom is 0.0781 e. The predicted octanol–water partition coefficient (Wildman–Crippen LogP) is 2.72. The molecule has 0 aliphatic heterocycles. The number of methoxy groups -OCH3 is 1. The van der Waals surface area contributed by atoms with Crippen molar-refractivity contribution in [3.8, 4) is 0 Å². The summed E-state index contributed by atoms with van der Waals surface area (Å²) in [6.45, 7) is 10.4. The zero-order chi connectivity index (χ0) is 14.9. The monoisotopic (exact) mass is 352 g/mol. The number of ether oxygens (including phenoxy) is 1. The Balaban J connectivity index is -0.0000000195. The van der Waals surface area contributed by atoms with Crippen molar-refractivity contribution in [2.75, 3.05) is 28.3 Å². The van der Waals surface area contributed by atoms with E-state index in [0.29, 0.717) is 0 Å². The second kappa shape index (κ2) is 108. The minimum atomic E-state index is 0. The molecule has 0 aromatic heterocycles. The SMILES string of the molecule is C.CC=CNC.CC=COC.CN.CO.[CH-]=CC.[Y]. The van der Waals surface area contributed by atoms with Crippen molar-refractivity contribution in [3.63, 3.8) is 0 Å². The van der Waals surface area contributed by atoms with Crippen LogP contribution in [0.5, 0.6) is 0 Å². The molecule has 4 nitrogen and oxygen atoms in total. The fourth-order valence-electron chi connectivity index (χ4n) is 0.303. The summed E-state index contributed by atoms with van der Waals surface area (Å²) in [6, 6.07) is 0. The van der Waals surface area contributed by atoms with Crippen molar-refractivity contribution >= 4 is 0 Å². The first-order chi connectivity index (χ1) is 8.24. The quantitative estimate of drug-likeness (QED) is 0.528. The molecular formula is C14H35N2O2Y-. The van der Waals surface area contributed by atoms with Crippen LogP contribution in [0.2, 0.25) is 0 Å². The number of hydrogen-bond donors (Lipinski definition) is 3. The van der Waals surface area contributed by atoms with Crippen molar-refractivity contribution < 1.29 is 42.6 Å². The van der Waals surface area contributed by atoms with Gasteiger partial charge in [-0.05, 0) is 27.1 Å². The molecule has 0 aliphatic rings. The van der Waals surface area contributed by atoms with E-state index in [4.69, 9.17) is 11.7 Å². The van der Waals surface area contributed by atoms with E-state index < -0.39 is 0 Å². The van der Waals surface area contributed by atoms with Crippen molar-refractivity contribution in [2.45, 2.75) is 28.2 Å². The number of hydrogen-bond acceptors (Lipinski definition) is 4. The molecule has 0 unspecified atom stereocenters. The third-order valence-corrected chi connectivity index (χ3v) is 0.605. The summed E-state index contributed by atoms with van der Waals surface area (Å²) in [7, 11) is 6.00. The molecule has 4 N–H and O–H groups in total.